The highest BCUT2D eigenvalue weighted by atomic mass is 16.5. The minimum absolute atomic E-state index is 0.219. The first-order chi connectivity index (χ1) is 17.3. The van der Waals surface area contributed by atoms with Crippen molar-refractivity contribution in [2.75, 3.05) is 11.9 Å². The van der Waals surface area contributed by atoms with Gasteiger partial charge in [-0.15, -0.1) is 0 Å². The number of nitrogens with one attached hydrogen (secondary N) is 1. The molecule has 0 aliphatic rings. The summed E-state index contributed by atoms with van der Waals surface area (Å²) in [4.78, 5) is 13.3. The maximum Gasteiger partial charge on any atom is 0.259 e. The van der Waals surface area contributed by atoms with E-state index in [1.165, 1.54) is 5.56 Å². The molecule has 0 radical (unpaired) electrons. The molecule has 1 N–H and O–H groups in total. The van der Waals surface area contributed by atoms with Gasteiger partial charge in [-0.25, -0.2) is 4.68 Å². The molecule has 172 valence electrons. The number of rotatable bonds is 8. The number of carbonyl (C=O) groups is 1. The molecule has 0 saturated carbocycles. The molecule has 4 aromatic carbocycles. The Morgan fingerprint density at radius 2 is 1.40 bits per heavy atom. The fraction of sp³-hybridized carbons (Fsp3) is 0.0667. The lowest BCUT2D eigenvalue weighted by atomic mass is 10.1. The van der Waals surface area contributed by atoms with Crippen LogP contribution in [0.15, 0.2) is 121 Å². The average molecular weight is 460 g/mol. The SMILES string of the molecule is O=C(Nc1ccc(OCCc2ccccc2)cc1)c1cn(-c2ccccc2)nc1-c1ccccc1. The van der Waals surface area contributed by atoms with Crippen molar-refractivity contribution in [1.29, 1.82) is 0 Å². The zero-order valence-corrected chi connectivity index (χ0v) is 19.2. The summed E-state index contributed by atoms with van der Waals surface area (Å²) >= 11 is 0. The third-order valence-electron chi connectivity index (χ3n) is 5.64. The molecule has 0 aliphatic heterocycles. The van der Waals surface area contributed by atoms with Crippen molar-refractivity contribution >= 4 is 11.6 Å². The summed E-state index contributed by atoms with van der Waals surface area (Å²) < 4.78 is 7.59. The van der Waals surface area contributed by atoms with Crippen molar-refractivity contribution in [3.8, 4) is 22.7 Å². The van der Waals surface area contributed by atoms with Crippen molar-refractivity contribution in [3.63, 3.8) is 0 Å². The Morgan fingerprint density at radius 3 is 2.09 bits per heavy atom. The molecular formula is C30H25N3O2. The van der Waals surface area contributed by atoms with E-state index in [2.05, 4.69) is 17.4 Å². The van der Waals surface area contributed by atoms with E-state index >= 15 is 0 Å². The normalized spacial score (nSPS) is 10.6. The number of ether oxygens (including phenoxy) is 1. The molecule has 0 saturated heterocycles. The van der Waals surface area contributed by atoms with Crippen LogP contribution in [0, 0.1) is 0 Å². The molecule has 1 amide bonds. The van der Waals surface area contributed by atoms with Crippen LogP contribution in [-0.2, 0) is 6.42 Å². The van der Waals surface area contributed by atoms with Gasteiger partial charge in [0.05, 0.1) is 17.9 Å². The Kier molecular flexibility index (Phi) is 6.67. The molecule has 5 aromatic rings. The molecular weight excluding hydrogens is 434 g/mol. The van der Waals surface area contributed by atoms with Gasteiger partial charge < -0.3 is 10.1 Å². The smallest absolute Gasteiger partial charge is 0.259 e. The summed E-state index contributed by atoms with van der Waals surface area (Å²) in [5, 5.41) is 7.72. The van der Waals surface area contributed by atoms with E-state index in [9.17, 15) is 4.79 Å². The van der Waals surface area contributed by atoms with Gasteiger partial charge >= 0.3 is 0 Å². The summed E-state index contributed by atoms with van der Waals surface area (Å²) in [6.45, 7) is 0.592. The van der Waals surface area contributed by atoms with E-state index in [0.717, 1.165) is 23.4 Å². The summed E-state index contributed by atoms with van der Waals surface area (Å²) in [5.74, 6) is 0.546. The van der Waals surface area contributed by atoms with Gasteiger partial charge in [0.2, 0.25) is 0 Å². The molecule has 1 heterocycles. The Morgan fingerprint density at radius 1 is 0.771 bits per heavy atom. The molecule has 1 aromatic heterocycles. The third kappa shape index (κ3) is 5.47. The fourth-order valence-electron chi connectivity index (χ4n) is 3.83. The standard InChI is InChI=1S/C30H25N3O2/c34-30(31-25-16-18-27(19-17-25)35-21-20-23-10-4-1-5-11-23)28-22-33(26-14-8-3-9-15-26)32-29(28)24-12-6-2-7-13-24/h1-19,22H,20-21H2,(H,31,34). The van der Waals surface area contributed by atoms with Crippen LogP contribution in [0.1, 0.15) is 15.9 Å². The Labute approximate surface area is 204 Å². The first kappa shape index (κ1) is 22.2. The number of anilines is 1. The van der Waals surface area contributed by atoms with Gasteiger partial charge in [0, 0.05) is 23.9 Å². The molecule has 0 bridgehead atoms. The lowest BCUT2D eigenvalue weighted by Crippen LogP contribution is -2.12. The maximum absolute atomic E-state index is 13.3. The highest BCUT2D eigenvalue weighted by Gasteiger charge is 2.19. The number of carbonyl (C=O) groups excluding carboxylic acids is 1. The van der Waals surface area contributed by atoms with Gasteiger partial charge in [-0.3, -0.25) is 4.79 Å². The number of benzene rings is 4. The molecule has 5 rings (SSSR count). The van der Waals surface area contributed by atoms with Crippen LogP contribution in [0.2, 0.25) is 0 Å². The largest absolute Gasteiger partial charge is 0.493 e. The van der Waals surface area contributed by atoms with Crippen molar-refractivity contribution in [2.45, 2.75) is 6.42 Å². The van der Waals surface area contributed by atoms with Crippen molar-refractivity contribution in [2.24, 2.45) is 0 Å². The van der Waals surface area contributed by atoms with Crippen LogP contribution in [-0.4, -0.2) is 22.3 Å². The lowest BCUT2D eigenvalue weighted by Gasteiger charge is -2.09. The highest BCUT2D eigenvalue weighted by Crippen LogP contribution is 2.25. The zero-order valence-electron chi connectivity index (χ0n) is 19.2. The number of amides is 1. The second kappa shape index (κ2) is 10.5. The Hall–Kier alpha value is -4.64. The van der Waals surface area contributed by atoms with Gasteiger partial charge in [-0.05, 0) is 42.0 Å². The van der Waals surface area contributed by atoms with Gasteiger partial charge in [-0.1, -0.05) is 78.9 Å². The molecule has 0 unspecified atom stereocenters. The van der Waals surface area contributed by atoms with Crippen LogP contribution in [0.4, 0.5) is 5.69 Å². The molecule has 35 heavy (non-hydrogen) atoms. The monoisotopic (exact) mass is 459 g/mol. The van der Waals surface area contributed by atoms with Crippen LogP contribution >= 0.6 is 0 Å². The molecule has 0 spiro atoms. The molecule has 0 fully saturated rings. The summed E-state index contributed by atoms with van der Waals surface area (Å²) in [6, 6.07) is 37.2. The summed E-state index contributed by atoms with van der Waals surface area (Å²) in [6.07, 6.45) is 2.61. The third-order valence-corrected chi connectivity index (χ3v) is 5.64. The quantitative estimate of drug-likeness (QED) is 0.292. The van der Waals surface area contributed by atoms with E-state index in [1.54, 1.807) is 10.9 Å². The first-order valence-corrected chi connectivity index (χ1v) is 11.5. The molecule has 0 atom stereocenters. The second-order valence-electron chi connectivity index (χ2n) is 8.10. The topological polar surface area (TPSA) is 56.1 Å². The predicted molar refractivity (Wildman–Crippen MR) is 139 cm³/mol. The number of hydrogen-bond acceptors (Lipinski definition) is 3. The Bertz CT molecular complexity index is 1380. The van der Waals surface area contributed by atoms with E-state index in [-0.39, 0.29) is 5.91 Å². The van der Waals surface area contributed by atoms with Gasteiger partial charge in [-0.2, -0.15) is 5.10 Å². The van der Waals surface area contributed by atoms with Gasteiger partial charge in [0.25, 0.3) is 5.91 Å². The van der Waals surface area contributed by atoms with Gasteiger partial charge in [0.1, 0.15) is 11.4 Å². The molecule has 5 nitrogen and oxygen atoms in total. The van der Waals surface area contributed by atoms with Crippen molar-refractivity contribution in [1.82, 2.24) is 9.78 Å². The van der Waals surface area contributed by atoms with E-state index in [0.29, 0.717) is 23.6 Å². The predicted octanol–water partition coefficient (Wildman–Crippen LogP) is 6.41. The maximum atomic E-state index is 13.3. The Balaban J connectivity index is 1.30. The number of nitrogens with zero attached hydrogens (tertiary/aromatic N) is 2. The summed E-state index contributed by atoms with van der Waals surface area (Å²) in [7, 11) is 0. The van der Waals surface area contributed by atoms with E-state index < -0.39 is 0 Å². The number of hydrogen-bond donors (Lipinski definition) is 1. The number of aromatic nitrogens is 2. The van der Waals surface area contributed by atoms with Crippen molar-refractivity contribution < 1.29 is 9.53 Å². The fourth-order valence-corrected chi connectivity index (χ4v) is 3.83. The first-order valence-electron chi connectivity index (χ1n) is 11.5. The van der Waals surface area contributed by atoms with Crippen molar-refractivity contribution in [3.05, 3.63) is 133 Å². The summed E-state index contributed by atoms with van der Waals surface area (Å²) in [5.41, 5.74) is 4.84. The molecule has 0 aliphatic carbocycles. The lowest BCUT2D eigenvalue weighted by molar-refractivity contribution is 0.102. The second-order valence-corrected chi connectivity index (χ2v) is 8.10. The van der Waals surface area contributed by atoms with Crippen LogP contribution in [0.5, 0.6) is 5.75 Å². The molecule has 5 heteroatoms. The van der Waals surface area contributed by atoms with E-state index in [4.69, 9.17) is 9.84 Å². The minimum Gasteiger partial charge on any atom is -0.493 e. The average Bonchev–Trinajstić information content (AvgIpc) is 3.37. The van der Waals surface area contributed by atoms with Crippen LogP contribution in [0.25, 0.3) is 16.9 Å². The zero-order chi connectivity index (χ0) is 23.9. The highest BCUT2D eigenvalue weighted by molar-refractivity contribution is 6.08. The van der Waals surface area contributed by atoms with Gasteiger partial charge in [0.15, 0.2) is 0 Å². The number of para-hydroxylation sites is 1. The minimum atomic E-state index is -0.219. The van der Waals surface area contributed by atoms with E-state index in [1.807, 2.05) is 103 Å². The van der Waals surface area contributed by atoms with Crippen LogP contribution in [0.3, 0.4) is 0 Å². The van der Waals surface area contributed by atoms with Crippen LogP contribution < -0.4 is 10.1 Å².